The highest BCUT2D eigenvalue weighted by Gasteiger charge is 2.31. The molecule has 0 bridgehead atoms. The fourth-order valence-electron chi connectivity index (χ4n) is 2.22. The minimum absolute atomic E-state index is 0.0624. The van der Waals surface area contributed by atoms with Crippen molar-refractivity contribution in [3.63, 3.8) is 0 Å². The molecule has 23 heavy (non-hydrogen) atoms. The molecule has 126 valence electrons. The lowest BCUT2D eigenvalue weighted by molar-refractivity contribution is -0.137. The third-order valence-electron chi connectivity index (χ3n) is 3.39. The lowest BCUT2D eigenvalue weighted by Crippen LogP contribution is -2.27. The highest BCUT2D eigenvalue weighted by atomic mass is 19.4. The van der Waals surface area contributed by atoms with Crippen LogP contribution in [0.2, 0.25) is 0 Å². The molecule has 1 aromatic carbocycles. The number of aliphatic hydroxyl groups is 1. The Morgan fingerprint density at radius 3 is 2.61 bits per heavy atom. The molecule has 0 aliphatic rings. The Morgan fingerprint density at radius 2 is 2.00 bits per heavy atom. The van der Waals surface area contributed by atoms with Crippen LogP contribution in [0.25, 0.3) is 0 Å². The van der Waals surface area contributed by atoms with Crippen molar-refractivity contribution in [2.75, 3.05) is 0 Å². The molecule has 0 aliphatic heterocycles. The summed E-state index contributed by atoms with van der Waals surface area (Å²) in [4.78, 5) is 0. The van der Waals surface area contributed by atoms with Crippen molar-refractivity contribution in [2.24, 2.45) is 0 Å². The SMILES string of the molecule is CC(CC(O)c1ccco1)NCc1cc(F)cc(C(F)(F)F)c1. The molecule has 3 nitrogen and oxygen atoms in total. The molecule has 0 fully saturated rings. The van der Waals surface area contributed by atoms with Crippen molar-refractivity contribution in [1.29, 1.82) is 0 Å². The van der Waals surface area contributed by atoms with Crippen LogP contribution < -0.4 is 5.32 Å². The van der Waals surface area contributed by atoms with E-state index in [0.717, 1.165) is 12.1 Å². The van der Waals surface area contributed by atoms with Crippen LogP contribution in [0.4, 0.5) is 17.6 Å². The predicted octanol–water partition coefficient (Wildman–Crippen LogP) is 4.04. The minimum atomic E-state index is -4.59. The first-order valence-electron chi connectivity index (χ1n) is 7.07. The maximum atomic E-state index is 13.3. The van der Waals surface area contributed by atoms with E-state index in [4.69, 9.17) is 4.42 Å². The smallest absolute Gasteiger partial charge is 0.416 e. The van der Waals surface area contributed by atoms with Gasteiger partial charge in [-0.1, -0.05) is 0 Å². The predicted molar refractivity (Wildman–Crippen MR) is 76.0 cm³/mol. The molecule has 2 rings (SSSR count). The molecule has 2 N–H and O–H groups in total. The first-order chi connectivity index (χ1) is 10.8. The standard InChI is InChI=1S/C16H17F4NO2/c1-10(5-14(22)15-3-2-4-23-15)21-9-11-6-12(16(18,19)20)8-13(17)7-11/h2-4,6-8,10,14,21-22H,5,9H2,1H3. The van der Waals surface area contributed by atoms with E-state index in [1.54, 1.807) is 19.1 Å². The van der Waals surface area contributed by atoms with Crippen LogP contribution in [0.15, 0.2) is 41.0 Å². The Morgan fingerprint density at radius 1 is 1.26 bits per heavy atom. The number of alkyl halides is 3. The van der Waals surface area contributed by atoms with Crippen LogP contribution >= 0.6 is 0 Å². The number of aliphatic hydroxyl groups excluding tert-OH is 1. The van der Waals surface area contributed by atoms with Gasteiger partial charge < -0.3 is 14.8 Å². The second kappa shape index (κ2) is 7.14. The minimum Gasteiger partial charge on any atom is -0.467 e. The summed E-state index contributed by atoms with van der Waals surface area (Å²) in [5, 5.41) is 12.9. The topological polar surface area (TPSA) is 45.4 Å². The number of benzene rings is 1. The monoisotopic (exact) mass is 331 g/mol. The molecule has 2 aromatic rings. The quantitative estimate of drug-likeness (QED) is 0.785. The van der Waals surface area contributed by atoms with Crippen LogP contribution in [0, 0.1) is 5.82 Å². The van der Waals surface area contributed by atoms with Gasteiger partial charge in [0.2, 0.25) is 0 Å². The Balaban J connectivity index is 1.94. The largest absolute Gasteiger partial charge is 0.467 e. The van der Waals surface area contributed by atoms with Gasteiger partial charge in [0.25, 0.3) is 0 Å². The van der Waals surface area contributed by atoms with Gasteiger partial charge in [-0.3, -0.25) is 0 Å². The molecule has 2 unspecified atom stereocenters. The lowest BCUT2D eigenvalue weighted by Gasteiger charge is -2.17. The van der Waals surface area contributed by atoms with E-state index < -0.39 is 23.7 Å². The van der Waals surface area contributed by atoms with E-state index in [1.807, 2.05) is 0 Å². The van der Waals surface area contributed by atoms with Crippen LogP contribution in [-0.4, -0.2) is 11.1 Å². The molecule has 7 heteroatoms. The molecule has 0 amide bonds. The highest BCUT2D eigenvalue weighted by molar-refractivity contribution is 5.26. The summed E-state index contributed by atoms with van der Waals surface area (Å²) >= 11 is 0. The zero-order valence-corrected chi connectivity index (χ0v) is 12.4. The molecule has 0 aliphatic carbocycles. The first kappa shape index (κ1) is 17.5. The zero-order valence-electron chi connectivity index (χ0n) is 12.4. The summed E-state index contributed by atoms with van der Waals surface area (Å²) in [6.07, 6.45) is -3.64. The molecule has 2 atom stereocenters. The molecule has 0 radical (unpaired) electrons. The number of rotatable bonds is 6. The summed E-state index contributed by atoms with van der Waals surface area (Å²) < 4.78 is 56.3. The summed E-state index contributed by atoms with van der Waals surface area (Å²) in [6, 6.07) is 5.52. The van der Waals surface area contributed by atoms with Gasteiger partial charge in [-0.15, -0.1) is 0 Å². The van der Waals surface area contributed by atoms with Crippen LogP contribution in [0.1, 0.15) is 36.3 Å². The third kappa shape index (κ3) is 5.07. The molecule has 0 spiro atoms. The number of furan rings is 1. The van der Waals surface area contributed by atoms with Gasteiger partial charge in [-0.25, -0.2) is 4.39 Å². The van der Waals surface area contributed by atoms with Gasteiger partial charge in [0, 0.05) is 12.6 Å². The van der Waals surface area contributed by atoms with E-state index in [1.165, 1.54) is 6.26 Å². The third-order valence-corrected chi connectivity index (χ3v) is 3.39. The molecular formula is C16H17F4NO2. The average Bonchev–Trinajstić information content (AvgIpc) is 2.98. The van der Waals surface area contributed by atoms with E-state index in [0.29, 0.717) is 18.2 Å². The normalized spacial score (nSPS) is 14.7. The van der Waals surface area contributed by atoms with Crippen LogP contribution in [-0.2, 0) is 12.7 Å². The molecule has 1 heterocycles. The van der Waals surface area contributed by atoms with E-state index in [2.05, 4.69) is 5.32 Å². The van der Waals surface area contributed by atoms with E-state index >= 15 is 0 Å². The van der Waals surface area contributed by atoms with Crippen molar-refractivity contribution < 1.29 is 27.1 Å². The van der Waals surface area contributed by atoms with E-state index in [-0.39, 0.29) is 18.2 Å². The Kier molecular flexibility index (Phi) is 5.43. The summed E-state index contributed by atoms with van der Waals surface area (Å²) in [5.74, 6) is -0.510. The maximum absolute atomic E-state index is 13.3. The summed E-state index contributed by atoms with van der Waals surface area (Å²) in [5.41, 5.74) is -0.825. The van der Waals surface area contributed by atoms with Crippen LogP contribution in [0.3, 0.4) is 0 Å². The van der Waals surface area contributed by atoms with Gasteiger partial charge in [-0.05, 0) is 49.2 Å². The molecule has 1 aromatic heterocycles. The fourth-order valence-corrected chi connectivity index (χ4v) is 2.22. The Bertz CT molecular complexity index is 626. The molecular weight excluding hydrogens is 314 g/mol. The van der Waals surface area contributed by atoms with Gasteiger partial charge in [0.15, 0.2) is 0 Å². The maximum Gasteiger partial charge on any atom is 0.416 e. The van der Waals surface area contributed by atoms with Gasteiger partial charge in [-0.2, -0.15) is 13.2 Å². The van der Waals surface area contributed by atoms with Crippen molar-refractivity contribution in [3.05, 3.63) is 59.3 Å². The van der Waals surface area contributed by atoms with Crippen molar-refractivity contribution in [2.45, 2.75) is 38.2 Å². The Hall–Kier alpha value is -1.86. The fraction of sp³-hybridized carbons (Fsp3) is 0.375. The number of halogens is 4. The Labute approximate surface area is 130 Å². The van der Waals surface area contributed by atoms with Gasteiger partial charge in [0.1, 0.15) is 17.7 Å². The van der Waals surface area contributed by atoms with Gasteiger partial charge in [0.05, 0.1) is 11.8 Å². The highest BCUT2D eigenvalue weighted by Crippen LogP contribution is 2.30. The van der Waals surface area contributed by atoms with Crippen molar-refractivity contribution in [3.8, 4) is 0 Å². The number of nitrogens with one attached hydrogen (secondary N) is 1. The number of hydrogen-bond donors (Lipinski definition) is 2. The second-order valence-electron chi connectivity index (χ2n) is 5.39. The van der Waals surface area contributed by atoms with Crippen molar-refractivity contribution >= 4 is 0 Å². The summed E-state index contributed by atoms with van der Waals surface area (Å²) in [7, 11) is 0. The van der Waals surface area contributed by atoms with Crippen molar-refractivity contribution in [1.82, 2.24) is 5.32 Å². The first-order valence-corrected chi connectivity index (χ1v) is 7.07. The second-order valence-corrected chi connectivity index (χ2v) is 5.39. The van der Waals surface area contributed by atoms with Gasteiger partial charge >= 0.3 is 6.18 Å². The number of hydrogen-bond acceptors (Lipinski definition) is 3. The average molecular weight is 331 g/mol. The molecule has 0 saturated heterocycles. The zero-order chi connectivity index (χ0) is 17.0. The lowest BCUT2D eigenvalue weighted by atomic mass is 10.1. The molecule has 0 saturated carbocycles. The summed E-state index contributed by atoms with van der Waals surface area (Å²) in [6.45, 7) is 1.84. The van der Waals surface area contributed by atoms with Crippen LogP contribution in [0.5, 0.6) is 0 Å². The van der Waals surface area contributed by atoms with E-state index in [9.17, 15) is 22.7 Å².